The lowest BCUT2D eigenvalue weighted by Gasteiger charge is -2.14. The second-order valence-corrected chi connectivity index (χ2v) is 5.19. The van der Waals surface area contributed by atoms with Crippen molar-refractivity contribution in [3.05, 3.63) is 60.2 Å². The van der Waals surface area contributed by atoms with Crippen LogP contribution in [0.1, 0.15) is 0 Å². The van der Waals surface area contributed by atoms with Gasteiger partial charge in [-0.25, -0.2) is 8.78 Å². The Morgan fingerprint density at radius 3 is 2.39 bits per heavy atom. The molecule has 0 spiro atoms. The Bertz CT molecular complexity index is 630. The first-order valence-electron chi connectivity index (χ1n) is 7.29. The van der Waals surface area contributed by atoms with Crippen molar-refractivity contribution in [2.45, 2.75) is 0 Å². The molecule has 2 aromatic rings. The number of benzene rings is 2. The zero-order valence-electron chi connectivity index (χ0n) is 12.8. The van der Waals surface area contributed by atoms with E-state index in [1.165, 1.54) is 6.07 Å². The van der Waals surface area contributed by atoms with Crippen LogP contribution >= 0.6 is 0 Å². The van der Waals surface area contributed by atoms with Gasteiger partial charge in [0, 0.05) is 0 Å². The van der Waals surface area contributed by atoms with E-state index in [4.69, 9.17) is 4.74 Å². The number of halogens is 2. The van der Waals surface area contributed by atoms with Gasteiger partial charge in [0.25, 0.3) is 5.91 Å². The standard InChI is InChI=1S/C17H18F2N2O2/c1-21(10-11-23-13-6-3-2-4-7-13)12-16(22)20-17-14(18)8-5-9-15(17)19/h2-9H,10-12H2,1H3,(H,20,22)/p+1. The highest BCUT2D eigenvalue weighted by Crippen LogP contribution is 2.17. The molecule has 1 unspecified atom stereocenters. The molecule has 2 aromatic carbocycles. The second kappa shape index (κ2) is 8.24. The Kier molecular flexibility index (Phi) is 6.05. The molecule has 4 nitrogen and oxygen atoms in total. The summed E-state index contributed by atoms with van der Waals surface area (Å²) >= 11 is 0. The van der Waals surface area contributed by atoms with Crippen molar-refractivity contribution in [3.8, 4) is 5.75 Å². The number of likely N-dealkylation sites (N-methyl/N-ethyl adjacent to an activating group) is 1. The van der Waals surface area contributed by atoms with Gasteiger partial charge in [0.1, 0.15) is 36.2 Å². The summed E-state index contributed by atoms with van der Waals surface area (Å²) < 4.78 is 32.5. The molecule has 1 amide bonds. The van der Waals surface area contributed by atoms with Crippen LogP contribution in [0.5, 0.6) is 5.75 Å². The third-order valence-corrected chi connectivity index (χ3v) is 3.23. The van der Waals surface area contributed by atoms with Crippen LogP contribution in [0.3, 0.4) is 0 Å². The molecule has 6 heteroatoms. The van der Waals surface area contributed by atoms with Crippen molar-refractivity contribution in [3.63, 3.8) is 0 Å². The van der Waals surface area contributed by atoms with Gasteiger partial charge < -0.3 is 15.0 Å². The summed E-state index contributed by atoms with van der Waals surface area (Å²) in [5.74, 6) is -1.27. The molecule has 0 fully saturated rings. The van der Waals surface area contributed by atoms with Gasteiger partial charge in [-0.1, -0.05) is 24.3 Å². The van der Waals surface area contributed by atoms with Crippen LogP contribution in [0.4, 0.5) is 14.5 Å². The van der Waals surface area contributed by atoms with E-state index in [0.717, 1.165) is 22.8 Å². The van der Waals surface area contributed by atoms with Gasteiger partial charge in [0.2, 0.25) is 0 Å². The average Bonchev–Trinajstić information content (AvgIpc) is 2.52. The summed E-state index contributed by atoms with van der Waals surface area (Å²) in [4.78, 5) is 12.7. The van der Waals surface area contributed by atoms with Crippen LogP contribution in [0.2, 0.25) is 0 Å². The molecule has 0 aliphatic heterocycles. The van der Waals surface area contributed by atoms with Gasteiger partial charge in [0.15, 0.2) is 6.54 Å². The molecule has 23 heavy (non-hydrogen) atoms. The largest absolute Gasteiger partial charge is 0.488 e. The van der Waals surface area contributed by atoms with E-state index in [2.05, 4.69) is 5.32 Å². The smallest absolute Gasteiger partial charge is 0.279 e. The van der Waals surface area contributed by atoms with Gasteiger partial charge in [-0.05, 0) is 24.3 Å². The highest BCUT2D eigenvalue weighted by Gasteiger charge is 2.15. The van der Waals surface area contributed by atoms with Crippen molar-refractivity contribution in [1.82, 2.24) is 0 Å². The van der Waals surface area contributed by atoms with E-state index in [1.807, 2.05) is 37.4 Å². The van der Waals surface area contributed by atoms with Crippen LogP contribution < -0.4 is 15.0 Å². The zero-order valence-corrected chi connectivity index (χ0v) is 12.8. The van der Waals surface area contributed by atoms with Crippen LogP contribution in [-0.4, -0.2) is 32.7 Å². The molecule has 0 radical (unpaired) electrons. The van der Waals surface area contributed by atoms with E-state index < -0.39 is 23.2 Å². The molecule has 0 heterocycles. The number of nitrogens with one attached hydrogen (secondary N) is 2. The summed E-state index contributed by atoms with van der Waals surface area (Å²) in [5.41, 5.74) is -0.411. The maximum atomic E-state index is 13.5. The molecule has 2 rings (SSSR count). The molecule has 122 valence electrons. The lowest BCUT2D eigenvalue weighted by Crippen LogP contribution is -3.10. The summed E-state index contributed by atoms with van der Waals surface area (Å²) in [5, 5.41) is 2.27. The lowest BCUT2D eigenvalue weighted by molar-refractivity contribution is -0.871. The molecule has 1 atom stereocenters. The SMILES string of the molecule is C[NH+](CCOc1ccccc1)CC(=O)Nc1c(F)cccc1F. The summed E-state index contributed by atoms with van der Waals surface area (Å²) in [7, 11) is 1.81. The average molecular weight is 321 g/mol. The van der Waals surface area contributed by atoms with Crippen LogP contribution in [0.25, 0.3) is 0 Å². The van der Waals surface area contributed by atoms with Crippen LogP contribution in [0.15, 0.2) is 48.5 Å². The summed E-state index contributed by atoms with van der Waals surface area (Å²) in [6, 6.07) is 12.8. The molecular weight excluding hydrogens is 302 g/mol. The predicted octanol–water partition coefficient (Wildman–Crippen LogP) is 1.50. The third-order valence-electron chi connectivity index (χ3n) is 3.23. The topological polar surface area (TPSA) is 42.8 Å². The van der Waals surface area contributed by atoms with Gasteiger partial charge in [-0.15, -0.1) is 0 Å². The van der Waals surface area contributed by atoms with Gasteiger partial charge in [0.05, 0.1) is 7.05 Å². The number of rotatable bonds is 7. The Morgan fingerprint density at radius 2 is 1.74 bits per heavy atom. The molecule has 0 saturated carbocycles. The first-order valence-corrected chi connectivity index (χ1v) is 7.29. The quantitative estimate of drug-likeness (QED) is 0.811. The van der Waals surface area contributed by atoms with Crippen molar-refractivity contribution in [2.24, 2.45) is 0 Å². The predicted molar refractivity (Wildman–Crippen MR) is 83.5 cm³/mol. The zero-order chi connectivity index (χ0) is 16.7. The molecule has 2 N–H and O–H groups in total. The number of carbonyl (C=O) groups is 1. The van der Waals surface area contributed by atoms with Crippen molar-refractivity contribution in [2.75, 3.05) is 32.1 Å². The number of para-hydroxylation sites is 2. The van der Waals surface area contributed by atoms with E-state index in [-0.39, 0.29) is 6.54 Å². The minimum Gasteiger partial charge on any atom is -0.488 e. The molecular formula is C17H19F2N2O2+. The number of carbonyl (C=O) groups excluding carboxylic acids is 1. The van der Waals surface area contributed by atoms with Crippen molar-refractivity contribution >= 4 is 11.6 Å². The number of hydrogen-bond acceptors (Lipinski definition) is 2. The Hall–Kier alpha value is -2.47. The monoisotopic (exact) mass is 321 g/mol. The number of amides is 1. The lowest BCUT2D eigenvalue weighted by atomic mass is 10.3. The summed E-state index contributed by atoms with van der Waals surface area (Å²) in [6.07, 6.45) is 0. The molecule has 0 aliphatic carbocycles. The first kappa shape index (κ1) is 16.9. The summed E-state index contributed by atoms with van der Waals surface area (Å²) in [6.45, 7) is 1.12. The second-order valence-electron chi connectivity index (χ2n) is 5.19. The third kappa shape index (κ3) is 5.34. The fourth-order valence-electron chi connectivity index (χ4n) is 2.02. The van der Waals surface area contributed by atoms with Gasteiger partial charge >= 0.3 is 0 Å². The number of hydrogen-bond donors (Lipinski definition) is 2. The van der Waals surface area contributed by atoms with Crippen LogP contribution in [0, 0.1) is 11.6 Å². The number of ether oxygens (including phenoxy) is 1. The maximum absolute atomic E-state index is 13.5. The molecule has 0 bridgehead atoms. The van der Waals surface area contributed by atoms with E-state index in [1.54, 1.807) is 0 Å². The van der Waals surface area contributed by atoms with Gasteiger partial charge in [-0.3, -0.25) is 4.79 Å². The fraction of sp³-hybridized carbons (Fsp3) is 0.235. The first-order chi connectivity index (χ1) is 11.1. The Balaban J connectivity index is 1.76. The molecule has 0 saturated heterocycles. The maximum Gasteiger partial charge on any atom is 0.279 e. The Labute approximate surface area is 133 Å². The van der Waals surface area contributed by atoms with E-state index in [0.29, 0.717) is 13.2 Å². The van der Waals surface area contributed by atoms with Gasteiger partial charge in [-0.2, -0.15) is 0 Å². The highest BCUT2D eigenvalue weighted by atomic mass is 19.1. The number of anilines is 1. The Morgan fingerprint density at radius 1 is 1.09 bits per heavy atom. The minimum absolute atomic E-state index is 0.0892. The van der Waals surface area contributed by atoms with Crippen LogP contribution in [-0.2, 0) is 4.79 Å². The normalized spacial score (nSPS) is 11.8. The highest BCUT2D eigenvalue weighted by molar-refractivity contribution is 5.91. The molecule has 0 aliphatic rings. The number of quaternary nitrogens is 1. The fourth-order valence-corrected chi connectivity index (χ4v) is 2.02. The van der Waals surface area contributed by atoms with E-state index in [9.17, 15) is 13.6 Å². The minimum atomic E-state index is -0.789. The van der Waals surface area contributed by atoms with Crippen molar-refractivity contribution in [1.29, 1.82) is 0 Å². The van der Waals surface area contributed by atoms with E-state index >= 15 is 0 Å². The van der Waals surface area contributed by atoms with Crippen molar-refractivity contribution < 1.29 is 23.2 Å². The molecule has 0 aromatic heterocycles.